The molecule has 0 fully saturated rings. The van der Waals surface area contributed by atoms with Gasteiger partial charge in [0.15, 0.2) is 0 Å². The van der Waals surface area contributed by atoms with Crippen LogP contribution in [0.15, 0.2) is 24.3 Å². The number of alkyl carbamates (subject to hydrolysis) is 1. The number of nitriles is 1. The van der Waals surface area contributed by atoms with Crippen LogP contribution in [-0.4, -0.2) is 51.6 Å². The number of hydrogen-bond acceptors (Lipinski definition) is 6. The number of hydrogen-bond donors (Lipinski definition) is 3. The summed E-state index contributed by atoms with van der Waals surface area (Å²) >= 11 is 0. The standard InChI is InChI=1S/C25H38N4O5/c1-16(2)15-18(27-23(33)34-25(6,7)8)22(32)29(14-13-26)20(21(31)28-24(3,4)5)17-11-9-10-12-19(17)30/h9-12,16,18,20,30H,14-15H2,1-8H3,(H,27,33)(H,28,31). The Morgan fingerprint density at radius 2 is 1.71 bits per heavy atom. The van der Waals surface area contributed by atoms with Gasteiger partial charge in [0.05, 0.1) is 6.07 Å². The molecule has 0 heterocycles. The highest BCUT2D eigenvalue weighted by atomic mass is 16.6. The molecule has 1 aromatic rings. The quantitative estimate of drug-likeness (QED) is 0.493. The van der Waals surface area contributed by atoms with E-state index in [1.807, 2.05) is 19.9 Å². The van der Waals surface area contributed by atoms with E-state index in [2.05, 4.69) is 10.6 Å². The molecule has 188 valence electrons. The van der Waals surface area contributed by atoms with E-state index in [1.54, 1.807) is 53.7 Å². The average Bonchev–Trinajstić information content (AvgIpc) is 2.64. The van der Waals surface area contributed by atoms with Gasteiger partial charge in [-0.05, 0) is 59.9 Å². The Balaban J connectivity index is 3.49. The minimum Gasteiger partial charge on any atom is -0.508 e. The Morgan fingerprint density at radius 1 is 1.12 bits per heavy atom. The van der Waals surface area contributed by atoms with E-state index in [9.17, 15) is 24.8 Å². The Kier molecular flexibility index (Phi) is 9.92. The molecule has 0 saturated carbocycles. The first kappa shape index (κ1) is 28.8. The molecule has 0 radical (unpaired) electrons. The number of nitrogens with zero attached hydrogens (tertiary/aromatic N) is 2. The smallest absolute Gasteiger partial charge is 0.408 e. The van der Waals surface area contributed by atoms with Gasteiger partial charge in [-0.3, -0.25) is 9.59 Å². The van der Waals surface area contributed by atoms with Gasteiger partial charge < -0.3 is 25.4 Å². The first-order valence-electron chi connectivity index (χ1n) is 11.3. The number of phenols is 1. The lowest BCUT2D eigenvalue weighted by Crippen LogP contribution is -2.55. The summed E-state index contributed by atoms with van der Waals surface area (Å²) in [5.41, 5.74) is -1.23. The highest BCUT2D eigenvalue weighted by molar-refractivity contribution is 5.93. The van der Waals surface area contributed by atoms with Gasteiger partial charge in [-0.2, -0.15) is 5.26 Å². The van der Waals surface area contributed by atoms with Crippen molar-refractivity contribution in [3.63, 3.8) is 0 Å². The van der Waals surface area contributed by atoms with E-state index >= 15 is 0 Å². The van der Waals surface area contributed by atoms with E-state index < -0.39 is 47.7 Å². The number of rotatable bonds is 8. The van der Waals surface area contributed by atoms with Gasteiger partial charge >= 0.3 is 6.09 Å². The molecule has 3 N–H and O–H groups in total. The number of amides is 3. The summed E-state index contributed by atoms with van der Waals surface area (Å²) in [6.45, 7) is 13.8. The van der Waals surface area contributed by atoms with Crippen molar-refractivity contribution in [1.82, 2.24) is 15.5 Å². The molecule has 0 bridgehead atoms. The third-order valence-electron chi connectivity index (χ3n) is 4.51. The molecule has 9 heteroatoms. The first-order valence-corrected chi connectivity index (χ1v) is 11.3. The van der Waals surface area contributed by atoms with Crippen LogP contribution in [0.3, 0.4) is 0 Å². The minimum absolute atomic E-state index is 0.0137. The largest absolute Gasteiger partial charge is 0.508 e. The lowest BCUT2D eigenvalue weighted by molar-refractivity contribution is -0.142. The SMILES string of the molecule is CC(C)CC(NC(=O)OC(C)(C)C)C(=O)N(CC#N)C(C(=O)NC(C)(C)C)c1ccccc1O. The fourth-order valence-corrected chi connectivity index (χ4v) is 3.32. The number of para-hydroxylation sites is 1. The van der Waals surface area contributed by atoms with Crippen molar-refractivity contribution in [2.24, 2.45) is 5.92 Å². The molecular weight excluding hydrogens is 436 g/mol. The molecule has 0 aromatic heterocycles. The number of benzene rings is 1. The van der Waals surface area contributed by atoms with Crippen LogP contribution in [0.4, 0.5) is 4.79 Å². The Hall–Kier alpha value is -3.28. The summed E-state index contributed by atoms with van der Waals surface area (Å²) in [7, 11) is 0. The molecule has 3 amide bonds. The van der Waals surface area contributed by atoms with Gasteiger partial charge in [-0.25, -0.2) is 4.79 Å². The zero-order chi connectivity index (χ0) is 26.3. The van der Waals surface area contributed by atoms with Crippen molar-refractivity contribution in [3.8, 4) is 11.8 Å². The van der Waals surface area contributed by atoms with E-state index in [0.717, 1.165) is 4.90 Å². The van der Waals surface area contributed by atoms with Gasteiger partial charge in [0.25, 0.3) is 0 Å². The molecule has 0 aliphatic rings. The van der Waals surface area contributed by atoms with Crippen LogP contribution in [0.1, 0.15) is 73.4 Å². The number of carbonyl (C=O) groups excluding carboxylic acids is 3. The predicted octanol–water partition coefficient (Wildman–Crippen LogP) is 3.64. The van der Waals surface area contributed by atoms with Crippen molar-refractivity contribution in [1.29, 1.82) is 5.26 Å². The van der Waals surface area contributed by atoms with Crippen LogP contribution < -0.4 is 10.6 Å². The van der Waals surface area contributed by atoms with Crippen molar-refractivity contribution in [2.45, 2.75) is 85.0 Å². The Bertz CT molecular complexity index is 909. The van der Waals surface area contributed by atoms with Crippen LogP contribution in [0.25, 0.3) is 0 Å². The molecule has 1 rings (SSSR count). The lowest BCUT2D eigenvalue weighted by Gasteiger charge is -2.35. The minimum atomic E-state index is -1.29. The summed E-state index contributed by atoms with van der Waals surface area (Å²) in [4.78, 5) is 40.6. The molecule has 2 unspecified atom stereocenters. The number of aromatic hydroxyl groups is 1. The highest BCUT2D eigenvalue weighted by Crippen LogP contribution is 2.30. The number of nitrogens with one attached hydrogen (secondary N) is 2. The predicted molar refractivity (Wildman–Crippen MR) is 129 cm³/mol. The zero-order valence-electron chi connectivity index (χ0n) is 21.4. The maximum Gasteiger partial charge on any atom is 0.408 e. The van der Waals surface area contributed by atoms with Crippen LogP contribution in [0.5, 0.6) is 5.75 Å². The molecule has 0 spiro atoms. The average molecular weight is 475 g/mol. The molecule has 0 aliphatic carbocycles. The van der Waals surface area contributed by atoms with Gasteiger partial charge in [0.1, 0.15) is 30.0 Å². The fourth-order valence-electron chi connectivity index (χ4n) is 3.32. The van der Waals surface area contributed by atoms with E-state index in [4.69, 9.17) is 4.74 Å². The maximum atomic E-state index is 13.7. The van der Waals surface area contributed by atoms with Gasteiger partial charge in [-0.15, -0.1) is 0 Å². The van der Waals surface area contributed by atoms with Crippen LogP contribution in [0.2, 0.25) is 0 Å². The summed E-state index contributed by atoms with van der Waals surface area (Å²) in [5.74, 6) is -1.36. The van der Waals surface area contributed by atoms with Crippen molar-refractivity contribution in [2.75, 3.05) is 6.54 Å². The maximum absolute atomic E-state index is 13.7. The van der Waals surface area contributed by atoms with Gasteiger partial charge in [0, 0.05) is 11.1 Å². The van der Waals surface area contributed by atoms with E-state index in [-0.39, 0.29) is 23.7 Å². The zero-order valence-corrected chi connectivity index (χ0v) is 21.4. The third-order valence-corrected chi connectivity index (χ3v) is 4.51. The summed E-state index contributed by atoms with van der Waals surface area (Å²) in [6.07, 6.45) is -0.518. The number of carbonyl (C=O) groups is 3. The second-order valence-corrected chi connectivity index (χ2v) is 10.7. The fraction of sp³-hybridized carbons (Fsp3) is 0.600. The number of phenolic OH excluding ortho intramolecular Hbond substituents is 1. The Labute approximate surface area is 202 Å². The van der Waals surface area contributed by atoms with E-state index in [0.29, 0.717) is 0 Å². The summed E-state index contributed by atoms with van der Waals surface area (Å²) in [6, 6.07) is 5.77. The molecule has 34 heavy (non-hydrogen) atoms. The highest BCUT2D eigenvalue weighted by Gasteiger charge is 2.38. The van der Waals surface area contributed by atoms with Gasteiger partial charge in [-0.1, -0.05) is 32.0 Å². The van der Waals surface area contributed by atoms with Crippen LogP contribution >= 0.6 is 0 Å². The second kappa shape index (κ2) is 11.7. The van der Waals surface area contributed by atoms with E-state index in [1.165, 1.54) is 12.1 Å². The summed E-state index contributed by atoms with van der Waals surface area (Å²) in [5, 5.41) is 25.4. The number of ether oxygens (including phenoxy) is 1. The normalized spacial score (nSPS) is 13.4. The molecule has 9 nitrogen and oxygen atoms in total. The Morgan fingerprint density at radius 3 is 2.18 bits per heavy atom. The summed E-state index contributed by atoms with van der Waals surface area (Å²) < 4.78 is 5.31. The molecular formula is C25H38N4O5. The van der Waals surface area contributed by atoms with Crippen LogP contribution in [0, 0.1) is 17.2 Å². The topological polar surface area (TPSA) is 132 Å². The molecule has 0 aliphatic heterocycles. The third kappa shape index (κ3) is 9.30. The second-order valence-electron chi connectivity index (χ2n) is 10.7. The van der Waals surface area contributed by atoms with Crippen molar-refractivity contribution < 1.29 is 24.2 Å². The monoisotopic (exact) mass is 474 g/mol. The molecule has 1 aromatic carbocycles. The van der Waals surface area contributed by atoms with Crippen molar-refractivity contribution in [3.05, 3.63) is 29.8 Å². The van der Waals surface area contributed by atoms with Crippen LogP contribution in [-0.2, 0) is 14.3 Å². The molecule has 0 saturated heterocycles. The molecule has 2 atom stereocenters. The van der Waals surface area contributed by atoms with Crippen molar-refractivity contribution >= 4 is 17.9 Å². The van der Waals surface area contributed by atoms with Gasteiger partial charge in [0.2, 0.25) is 11.8 Å². The lowest BCUT2D eigenvalue weighted by atomic mass is 9.98. The first-order chi connectivity index (χ1) is 15.6.